The van der Waals surface area contributed by atoms with E-state index in [4.69, 9.17) is 15.6 Å². The number of halogens is 1. The summed E-state index contributed by atoms with van der Waals surface area (Å²) in [6.07, 6.45) is -0.0844. The van der Waals surface area contributed by atoms with Gasteiger partial charge in [0.05, 0.1) is 6.42 Å². The SMILES string of the molecule is Cl.NC(CC(=O)O)c1ccc(Oc2ccccc2)cc1. The third-order valence-electron chi connectivity index (χ3n) is 2.68. The van der Waals surface area contributed by atoms with E-state index >= 15 is 0 Å². The third kappa shape index (κ3) is 4.57. The summed E-state index contributed by atoms with van der Waals surface area (Å²) in [4.78, 5) is 10.6. The van der Waals surface area contributed by atoms with Crippen molar-refractivity contribution in [3.63, 3.8) is 0 Å². The van der Waals surface area contributed by atoms with E-state index in [1.165, 1.54) is 0 Å². The second-order valence-electron chi connectivity index (χ2n) is 4.19. The Kier molecular flexibility index (Phi) is 6.03. The molecule has 2 aromatic carbocycles. The van der Waals surface area contributed by atoms with Gasteiger partial charge in [-0.05, 0) is 29.8 Å². The molecule has 0 saturated carbocycles. The highest BCUT2D eigenvalue weighted by atomic mass is 35.5. The molecule has 0 saturated heterocycles. The van der Waals surface area contributed by atoms with E-state index < -0.39 is 12.0 Å². The molecule has 106 valence electrons. The van der Waals surface area contributed by atoms with Gasteiger partial charge < -0.3 is 15.6 Å². The molecule has 0 amide bonds. The van der Waals surface area contributed by atoms with Crippen molar-refractivity contribution in [3.8, 4) is 11.5 Å². The minimum absolute atomic E-state index is 0. The number of nitrogens with two attached hydrogens (primary N) is 1. The molecular formula is C15H16ClNO3. The second kappa shape index (κ2) is 7.53. The van der Waals surface area contributed by atoms with E-state index in [-0.39, 0.29) is 18.8 Å². The number of rotatable bonds is 5. The minimum Gasteiger partial charge on any atom is -0.481 e. The second-order valence-corrected chi connectivity index (χ2v) is 4.19. The largest absolute Gasteiger partial charge is 0.481 e. The molecule has 2 aromatic rings. The Morgan fingerprint density at radius 3 is 2.15 bits per heavy atom. The molecule has 3 N–H and O–H groups in total. The molecule has 0 heterocycles. The monoisotopic (exact) mass is 293 g/mol. The molecule has 0 bridgehead atoms. The van der Waals surface area contributed by atoms with Gasteiger partial charge in [0.15, 0.2) is 0 Å². The Balaban J connectivity index is 0.00000200. The first-order chi connectivity index (χ1) is 9.15. The van der Waals surface area contributed by atoms with Crippen molar-refractivity contribution >= 4 is 18.4 Å². The van der Waals surface area contributed by atoms with Crippen LogP contribution in [0.25, 0.3) is 0 Å². The lowest BCUT2D eigenvalue weighted by Crippen LogP contribution is -2.14. The van der Waals surface area contributed by atoms with Crippen LogP contribution in [0.5, 0.6) is 11.5 Å². The van der Waals surface area contributed by atoms with Gasteiger partial charge in [0.2, 0.25) is 0 Å². The molecule has 0 aliphatic rings. The molecule has 0 aliphatic carbocycles. The molecule has 2 rings (SSSR count). The van der Waals surface area contributed by atoms with Crippen LogP contribution in [-0.4, -0.2) is 11.1 Å². The van der Waals surface area contributed by atoms with E-state index in [1.807, 2.05) is 30.3 Å². The molecule has 0 radical (unpaired) electrons. The lowest BCUT2D eigenvalue weighted by molar-refractivity contribution is -0.137. The summed E-state index contributed by atoms with van der Waals surface area (Å²) < 4.78 is 5.64. The summed E-state index contributed by atoms with van der Waals surface area (Å²) in [5.74, 6) is 0.541. The fourth-order valence-electron chi connectivity index (χ4n) is 1.71. The predicted molar refractivity (Wildman–Crippen MR) is 79.4 cm³/mol. The molecule has 0 spiro atoms. The fourth-order valence-corrected chi connectivity index (χ4v) is 1.71. The number of aliphatic carboxylic acids is 1. The summed E-state index contributed by atoms with van der Waals surface area (Å²) >= 11 is 0. The maximum atomic E-state index is 10.6. The molecule has 4 nitrogen and oxygen atoms in total. The van der Waals surface area contributed by atoms with Gasteiger partial charge >= 0.3 is 5.97 Å². The first-order valence-electron chi connectivity index (χ1n) is 5.95. The minimum atomic E-state index is -0.905. The molecule has 0 aliphatic heterocycles. The Morgan fingerprint density at radius 1 is 1.05 bits per heavy atom. The van der Waals surface area contributed by atoms with Crippen molar-refractivity contribution in [3.05, 3.63) is 60.2 Å². The van der Waals surface area contributed by atoms with Crippen LogP contribution in [0.2, 0.25) is 0 Å². The van der Waals surface area contributed by atoms with Gasteiger partial charge in [0, 0.05) is 6.04 Å². The van der Waals surface area contributed by atoms with Crippen molar-refractivity contribution < 1.29 is 14.6 Å². The van der Waals surface area contributed by atoms with E-state index in [2.05, 4.69) is 0 Å². The van der Waals surface area contributed by atoms with Gasteiger partial charge in [-0.3, -0.25) is 4.79 Å². The summed E-state index contributed by atoms with van der Waals surface area (Å²) in [6, 6.07) is 16.1. The van der Waals surface area contributed by atoms with Crippen LogP contribution in [0.3, 0.4) is 0 Å². The van der Waals surface area contributed by atoms with Gasteiger partial charge in [0.25, 0.3) is 0 Å². The van der Waals surface area contributed by atoms with Crippen LogP contribution < -0.4 is 10.5 Å². The zero-order valence-corrected chi connectivity index (χ0v) is 11.5. The molecular weight excluding hydrogens is 278 g/mol. The topological polar surface area (TPSA) is 72.6 Å². The van der Waals surface area contributed by atoms with E-state index in [1.54, 1.807) is 24.3 Å². The van der Waals surface area contributed by atoms with Crippen molar-refractivity contribution in [1.82, 2.24) is 0 Å². The number of carboxylic acids is 1. The lowest BCUT2D eigenvalue weighted by atomic mass is 10.0. The van der Waals surface area contributed by atoms with Crippen LogP contribution >= 0.6 is 12.4 Å². The summed E-state index contributed by atoms with van der Waals surface area (Å²) in [7, 11) is 0. The quantitative estimate of drug-likeness (QED) is 0.886. The maximum absolute atomic E-state index is 10.6. The maximum Gasteiger partial charge on any atom is 0.305 e. The van der Waals surface area contributed by atoms with E-state index in [0.717, 1.165) is 11.3 Å². The van der Waals surface area contributed by atoms with Gasteiger partial charge in [-0.1, -0.05) is 30.3 Å². The summed E-state index contributed by atoms with van der Waals surface area (Å²) in [6.45, 7) is 0. The number of hydrogen-bond acceptors (Lipinski definition) is 3. The molecule has 20 heavy (non-hydrogen) atoms. The standard InChI is InChI=1S/C15H15NO3.ClH/c16-14(10-15(17)18)11-6-8-13(9-7-11)19-12-4-2-1-3-5-12;/h1-9,14H,10,16H2,(H,17,18);1H. The Labute approximate surface area is 123 Å². The molecule has 1 unspecified atom stereocenters. The van der Waals surface area contributed by atoms with Gasteiger partial charge in [-0.2, -0.15) is 0 Å². The number of hydrogen-bond donors (Lipinski definition) is 2. The number of carboxylic acid groups (broad SMARTS) is 1. The van der Waals surface area contributed by atoms with Crippen LogP contribution in [0, 0.1) is 0 Å². The van der Waals surface area contributed by atoms with Crippen LogP contribution in [0.4, 0.5) is 0 Å². The Bertz CT molecular complexity index is 543. The lowest BCUT2D eigenvalue weighted by Gasteiger charge is -2.10. The smallest absolute Gasteiger partial charge is 0.305 e. The first kappa shape index (κ1) is 16.0. The highest BCUT2D eigenvalue weighted by Crippen LogP contribution is 2.23. The van der Waals surface area contributed by atoms with E-state index in [0.29, 0.717) is 5.75 Å². The van der Waals surface area contributed by atoms with Crippen molar-refractivity contribution in [2.24, 2.45) is 5.73 Å². The normalized spacial score (nSPS) is 11.2. The number of benzene rings is 2. The average molecular weight is 294 g/mol. The highest BCUT2D eigenvalue weighted by molar-refractivity contribution is 5.85. The zero-order chi connectivity index (χ0) is 13.7. The van der Waals surface area contributed by atoms with Gasteiger partial charge in [-0.25, -0.2) is 0 Å². The molecule has 0 fully saturated rings. The Hall–Kier alpha value is -2.04. The zero-order valence-electron chi connectivity index (χ0n) is 10.7. The molecule has 0 aromatic heterocycles. The van der Waals surface area contributed by atoms with Crippen LogP contribution in [0.1, 0.15) is 18.0 Å². The summed E-state index contributed by atoms with van der Waals surface area (Å²) in [5.41, 5.74) is 6.56. The molecule has 1 atom stereocenters. The van der Waals surface area contributed by atoms with Crippen molar-refractivity contribution in [2.75, 3.05) is 0 Å². The fraction of sp³-hybridized carbons (Fsp3) is 0.133. The van der Waals surface area contributed by atoms with Gasteiger partial charge in [-0.15, -0.1) is 12.4 Å². The predicted octanol–water partition coefficient (Wildman–Crippen LogP) is 3.38. The van der Waals surface area contributed by atoms with Gasteiger partial charge in [0.1, 0.15) is 11.5 Å². The number of carbonyl (C=O) groups is 1. The Morgan fingerprint density at radius 2 is 1.60 bits per heavy atom. The molecule has 5 heteroatoms. The van der Waals surface area contributed by atoms with Crippen LogP contribution in [-0.2, 0) is 4.79 Å². The third-order valence-corrected chi connectivity index (χ3v) is 2.68. The first-order valence-corrected chi connectivity index (χ1v) is 5.95. The summed E-state index contributed by atoms with van der Waals surface area (Å²) in [5, 5.41) is 8.69. The van der Waals surface area contributed by atoms with E-state index in [9.17, 15) is 4.79 Å². The number of para-hydroxylation sites is 1. The highest BCUT2D eigenvalue weighted by Gasteiger charge is 2.10. The number of ether oxygens (including phenoxy) is 1. The average Bonchev–Trinajstić information content (AvgIpc) is 2.40. The van der Waals surface area contributed by atoms with Crippen molar-refractivity contribution in [1.29, 1.82) is 0 Å². The van der Waals surface area contributed by atoms with Crippen molar-refractivity contribution in [2.45, 2.75) is 12.5 Å². The van der Waals surface area contributed by atoms with Crippen LogP contribution in [0.15, 0.2) is 54.6 Å².